The standard InChI is InChI=1S/C35H22N2O/c38-35(23-10-4-1-5-11-23)28-16-17-31-32(22-28)37-34(30-20-26-14-8-3-9-15-27(26)21-30)33(36-31)29-18-24-12-6-2-7-13-25(24)19-29/h1-22H. The molecule has 0 unspecified atom stereocenters. The molecule has 3 heteroatoms. The van der Waals surface area contributed by atoms with Crippen LogP contribution >= 0.6 is 0 Å². The van der Waals surface area contributed by atoms with E-state index in [1.807, 2.05) is 84.9 Å². The van der Waals surface area contributed by atoms with Crippen LogP contribution in [0, 0.1) is 0 Å². The second-order valence-electron chi connectivity index (χ2n) is 9.45. The van der Waals surface area contributed by atoms with Gasteiger partial charge in [0.05, 0.1) is 22.4 Å². The fourth-order valence-electron chi connectivity index (χ4n) is 5.06. The Labute approximate surface area is 220 Å². The summed E-state index contributed by atoms with van der Waals surface area (Å²) in [6.07, 6.45) is 0. The van der Waals surface area contributed by atoms with Crippen molar-refractivity contribution < 1.29 is 4.79 Å². The molecular weight excluding hydrogens is 464 g/mol. The molecule has 0 radical (unpaired) electrons. The van der Waals surface area contributed by atoms with Crippen molar-refractivity contribution in [2.45, 2.75) is 0 Å². The first-order valence-corrected chi connectivity index (χ1v) is 12.6. The Morgan fingerprint density at radius 2 is 0.842 bits per heavy atom. The summed E-state index contributed by atoms with van der Waals surface area (Å²) < 4.78 is 0. The van der Waals surface area contributed by atoms with E-state index in [4.69, 9.17) is 9.97 Å². The predicted molar refractivity (Wildman–Crippen MR) is 154 cm³/mol. The second kappa shape index (κ2) is 9.06. The number of rotatable bonds is 4. The molecule has 4 aliphatic rings. The summed E-state index contributed by atoms with van der Waals surface area (Å²) in [6.45, 7) is 0. The number of aromatic nitrogens is 2. The molecule has 0 bridgehead atoms. The molecule has 3 aromatic rings. The predicted octanol–water partition coefficient (Wildman–Crippen LogP) is 8.40. The summed E-state index contributed by atoms with van der Waals surface area (Å²) in [4.78, 5) is 23.4. The number of carbonyl (C=O) groups excluding carboxylic acids is 1. The number of nitrogens with zero attached hydrogens (tertiary/aromatic N) is 2. The number of ketones is 1. The van der Waals surface area contributed by atoms with E-state index >= 15 is 0 Å². The Hall–Kier alpha value is -5.15. The van der Waals surface area contributed by atoms with Gasteiger partial charge in [-0.2, -0.15) is 0 Å². The van der Waals surface area contributed by atoms with E-state index in [-0.39, 0.29) is 5.78 Å². The van der Waals surface area contributed by atoms with Crippen molar-refractivity contribution in [2.24, 2.45) is 0 Å². The van der Waals surface area contributed by atoms with Crippen LogP contribution in [0.25, 0.3) is 55.8 Å². The summed E-state index contributed by atoms with van der Waals surface area (Å²) >= 11 is 0. The van der Waals surface area contributed by atoms with Crippen LogP contribution in [-0.2, 0) is 0 Å². The lowest BCUT2D eigenvalue weighted by atomic mass is 10.0. The van der Waals surface area contributed by atoms with Gasteiger partial charge in [-0.05, 0) is 64.7 Å². The quantitative estimate of drug-likeness (QED) is 0.235. The minimum Gasteiger partial charge on any atom is -0.289 e. The normalized spacial score (nSPS) is 11.3. The maximum Gasteiger partial charge on any atom is 0.193 e. The number of benzene rings is 2. The fourth-order valence-corrected chi connectivity index (χ4v) is 5.06. The summed E-state index contributed by atoms with van der Waals surface area (Å²) in [5.74, 6) is -0.0263. The highest BCUT2D eigenvalue weighted by Crippen LogP contribution is 2.39. The summed E-state index contributed by atoms with van der Waals surface area (Å²) in [5, 5.41) is 0. The number of hydrogen-bond acceptors (Lipinski definition) is 3. The third-order valence-electron chi connectivity index (χ3n) is 6.97. The molecule has 0 amide bonds. The third-order valence-corrected chi connectivity index (χ3v) is 6.97. The average molecular weight is 487 g/mol. The molecule has 178 valence electrons. The first-order chi connectivity index (χ1) is 18.7. The minimum absolute atomic E-state index is 0.0263. The number of hydrogen-bond donors (Lipinski definition) is 0. The van der Waals surface area contributed by atoms with Gasteiger partial charge in [0.15, 0.2) is 5.78 Å². The molecule has 0 N–H and O–H groups in total. The zero-order valence-electron chi connectivity index (χ0n) is 20.5. The monoisotopic (exact) mass is 486 g/mol. The van der Waals surface area contributed by atoms with E-state index in [1.165, 1.54) is 0 Å². The van der Waals surface area contributed by atoms with Crippen molar-refractivity contribution in [3.8, 4) is 44.8 Å². The molecule has 4 aliphatic carbocycles. The van der Waals surface area contributed by atoms with E-state index < -0.39 is 0 Å². The molecule has 0 atom stereocenters. The molecule has 0 fully saturated rings. The van der Waals surface area contributed by atoms with Crippen LogP contribution in [0.2, 0.25) is 0 Å². The largest absolute Gasteiger partial charge is 0.289 e. The molecule has 7 rings (SSSR count). The van der Waals surface area contributed by atoms with Gasteiger partial charge in [-0.15, -0.1) is 0 Å². The van der Waals surface area contributed by atoms with Crippen molar-refractivity contribution in [3.63, 3.8) is 0 Å². The van der Waals surface area contributed by atoms with Crippen molar-refractivity contribution in [1.82, 2.24) is 9.97 Å². The van der Waals surface area contributed by atoms with Gasteiger partial charge < -0.3 is 0 Å². The summed E-state index contributed by atoms with van der Waals surface area (Å²) in [5.41, 5.74) is 11.0. The smallest absolute Gasteiger partial charge is 0.193 e. The van der Waals surface area contributed by atoms with Crippen LogP contribution in [0.15, 0.2) is 133 Å². The van der Waals surface area contributed by atoms with Gasteiger partial charge in [-0.3, -0.25) is 4.79 Å². The van der Waals surface area contributed by atoms with E-state index in [1.54, 1.807) is 0 Å². The maximum atomic E-state index is 13.2. The molecule has 3 nitrogen and oxygen atoms in total. The molecule has 1 heterocycles. The highest BCUT2D eigenvalue weighted by atomic mass is 16.1. The topological polar surface area (TPSA) is 42.9 Å². The van der Waals surface area contributed by atoms with Crippen LogP contribution in [-0.4, -0.2) is 15.8 Å². The van der Waals surface area contributed by atoms with Crippen LogP contribution in [0.4, 0.5) is 0 Å². The minimum atomic E-state index is -0.0263. The molecule has 0 aliphatic heterocycles. The Bertz CT molecular complexity index is 1830. The molecule has 0 saturated heterocycles. The molecule has 0 spiro atoms. The maximum absolute atomic E-state index is 13.2. The van der Waals surface area contributed by atoms with Crippen LogP contribution in [0.3, 0.4) is 0 Å². The Morgan fingerprint density at radius 3 is 1.34 bits per heavy atom. The van der Waals surface area contributed by atoms with Gasteiger partial charge in [0.2, 0.25) is 0 Å². The van der Waals surface area contributed by atoms with Crippen LogP contribution in [0.1, 0.15) is 15.9 Å². The number of carbonyl (C=O) groups is 1. The van der Waals surface area contributed by atoms with Crippen molar-refractivity contribution in [2.75, 3.05) is 0 Å². The van der Waals surface area contributed by atoms with Crippen LogP contribution in [0.5, 0.6) is 0 Å². The highest BCUT2D eigenvalue weighted by Gasteiger charge is 2.19. The lowest BCUT2D eigenvalue weighted by Crippen LogP contribution is -2.02. The zero-order valence-corrected chi connectivity index (χ0v) is 20.5. The third kappa shape index (κ3) is 3.91. The van der Waals surface area contributed by atoms with Gasteiger partial charge in [0.25, 0.3) is 0 Å². The van der Waals surface area contributed by atoms with Gasteiger partial charge >= 0.3 is 0 Å². The summed E-state index contributed by atoms with van der Waals surface area (Å²) in [7, 11) is 0. The van der Waals surface area contributed by atoms with Crippen molar-refractivity contribution in [3.05, 3.63) is 145 Å². The second-order valence-corrected chi connectivity index (χ2v) is 9.45. The van der Waals surface area contributed by atoms with Gasteiger partial charge in [-0.1, -0.05) is 91.0 Å². The Kier molecular flexibility index (Phi) is 5.26. The highest BCUT2D eigenvalue weighted by molar-refractivity contribution is 6.10. The van der Waals surface area contributed by atoms with E-state index in [9.17, 15) is 4.79 Å². The Morgan fingerprint density at radius 1 is 0.395 bits per heavy atom. The van der Waals surface area contributed by atoms with Crippen LogP contribution < -0.4 is 0 Å². The first kappa shape index (κ1) is 22.1. The SMILES string of the molecule is O=C(c1ccccc1)c1ccc2nc(-c3cc4cccccc-4c3)c(-c3cc4cccccc-4c3)nc2c1. The lowest BCUT2D eigenvalue weighted by Gasteiger charge is -2.09. The first-order valence-electron chi connectivity index (χ1n) is 12.6. The van der Waals surface area contributed by atoms with E-state index in [0.29, 0.717) is 16.6 Å². The zero-order chi connectivity index (χ0) is 25.5. The molecule has 0 saturated carbocycles. The lowest BCUT2D eigenvalue weighted by molar-refractivity contribution is 0.103. The average Bonchev–Trinajstić information content (AvgIpc) is 3.40. The Balaban J connectivity index is 1.45. The number of fused-ring (bicyclic) bond motifs is 3. The van der Waals surface area contributed by atoms with Crippen molar-refractivity contribution in [1.29, 1.82) is 0 Å². The molecule has 38 heavy (non-hydrogen) atoms. The van der Waals surface area contributed by atoms with Gasteiger partial charge in [0.1, 0.15) is 0 Å². The van der Waals surface area contributed by atoms with E-state index in [0.717, 1.165) is 50.3 Å². The summed E-state index contributed by atoms with van der Waals surface area (Å²) in [6, 6.07) is 44.3. The molecule has 2 aromatic carbocycles. The van der Waals surface area contributed by atoms with Gasteiger partial charge in [-0.25, -0.2) is 9.97 Å². The molecule has 1 aromatic heterocycles. The van der Waals surface area contributed by atoms with Crippen molar-refractivity contribution >= 4 is 16.8 Å². The van der Waals surface area contributed by atoms with Gasteiger partial charge in [0, 0.05) is 22.3 Å². The fraction of sp³-hybridized carbons (Fsp3) is 0. The molecular formula is C35H22N2O. The van der Waals surface area contributed by atoms with E-state index in [2.05, 4.69) is 48.5 Å².